The van der Waals surface area contributed by atoms with E-state index in [9.17, 15) is 13.0 Å². The molecule has 0 aliphatic carbocycles. The Hall–Kier alpha value is -2.34. The Morgan fingerprint density at radius 2 is 2.03 bits per heavy atom. The van der Waals surface area contributed by atoms with Crippen molar-refractivity contribution in [2.24, 2.45) is 0 Å². The molecule has 1 aromatic heterocycles. The minimum atomic E-state index is -1.41. The fraction of sp³-hybridized carbons (Fsp3) is 0.348. The van der Waals surface area contributed by atoms with Crippen molar-refractivity contribution in [3.05, 3.63) is 71.4 Å². The number of imidazole rings is 1. The van der Waals surface area contributed by atoms with E-state index >= 15 is 0 Å². The monoisotopic (exact) mass is 418 g/mol. The molecule has 156 valence electrons. The number of hydrogen-bond acceptors (Lipinski definition) is 2. The van der Waals surface area contributed by atoms with Crippen LogP contribution in [0.1, 0.15) is 38.7 Å². The fourth-order valence-corrected chi connectivity index (χ4v) is 3.73. The second-order valence-corrected chi connectivity index (χ2v) is 7.98. The maximum atomic E-state index is 14.4. The van der Waals surface area contributed by atoms with Gasteiger partial charge in [-0.1, -0.05) is 49.5 Å². The van der Waals surface area contributed by atoms with Crippen molar-refractivity contribution in [1.82, 2.24) is 9.55 Å². The van der Waals surface area contributed by atoms with Gasteiger partial charge < -0.3 is 4.57 Å². The van der Waals surface area contributed by atoms with E-state index < -0.39 is 22.4 Å². The average molecular weight is 419 g/mol. The third-order valence-electron chi connectivity index (χ3n) is 4.50. The van der Waals surface area contributed by atoms with Crippen LogP contribution in [0.2, 0.25) is 0 Å². The first-order valence-corrected chi connectivity index (χ1v) is 11.3. The molecule has 0 N–H and O–H groups in total. The summed E-state index contributed by atoms with van der Waals surface area (Å²) < 4.78 is 42.2. The molecule has 1 atom stereocenters. The number of nitrogens with zero attached hydrogens (tertiary/aromatic N) is 2. The van der Waals surface area contributed by atoms with Gasteiger partial charge in [-0.25, -0.2) is 13.8 Å². The minimum Gasteiger partial charge on any atom is -0.316 e. The van der Waals surface area contributed by atoms with Crippen LogP contribution in [-0.4, -0.2) is 20.0 Å². The topological polar surface area (TPSA) is 34.9 Å². The summed E-state index contributed by atoms with van der Waals surface area (Å²) in [5.41, 5.74) is 1.54. The molecule has 0 aliphatic heterocycles. The summed E-state index contributed by atoms with van der Waals surface area (Å²) in [4.78, 5) is 4.19. The predicted molar refractivity (Wildman–Crippen MR) is 117 cm³/mol. The lowest BCUT2D eigenvalue weighted by molar-refractivity contribution is 0.574. The van der Waals surface area contributed by atoms with Crippen molar-refractivity contribution in [2.45, 2.75) is 51.7 Å². The van der Waals surface area contributed by atoms with E-state index in [-0.39, 0.29) is 16.2 Å². The Morgan fingerprint density at radius 1 is 1.28 bits per heavy atom. The van der Waals surface area contributed by atoms with Gasteiger partial charge in [0, 0.05) is 24.4 Å². The molecule has 0 saturated heterocycles. The van der Waals surface area contributed by atoms with Crippen LogP contribution in [0, 0.1) is 18.6 Å². The molecule has 2 rings (SSSR count). The zero-order valence-corrected chi connectivity index (χ0v) is 18.2. The van der Waals surface area contributed by atoms with Gasteiger partial charge in [-0.2, -0.15) is 0 Å². The molecule has 0 radical (unpaired) electrons. The summed E-state index contributed by atoms with van der Waals surface area (Å²) in [5.74, 6) is -1.32. The molecule has 6 heteroatoms. The maximum absolute atomic E-state index is 14.4. The molecule has 0 amide bonds. The smallest absolute Gasteiger partial charge is 0.199 e. The first-order chi connectivity index (χ1) is 13.9. The summed E-state index contributed by atoms with van der Waals surface area (Å²) in [6.07, 6.45) is 18.3. The largest absolute Gasteiger partial charge is 0.316 e. The van der Waals surface area contributed by atoms with Crippen LogP contribution >= 0.6 is 0 Å². The molecular weight excluding hydrogens is 390 g/mol. The van der Waals surface area contributed by atoms with Gasteiger partial charge in [0.05, 0.1) is 16.3 Å². The van der Waals surface area contributed by atoms with E-state index in [0.717, 1.165) is 12.8 Å². The number of rotatable bonds is 9. The maximum Gasteiger partial charge on any atom is 0.199 e. The van der Waals surface area contributed by atoms with E-state index in [1.807, 2.05) is 31.2 Å². The molecule has 1 unspecified atom stereocenters. The number of allylic oxidation sites excluding steroid dienone is 8. The van der Waals surface area contributed by atoms with Crippen LogP contribution in [0.3, 0.4) is 0 Å². The van der Waals surface area contributed by atoms with Gasteiger partial charge in [0.1, 0.15) is 11.3 Å². The van der Waals surface area contributed by atoms with E-state index in [2.05, 4.69) is 30.1 Å². The van der Waals surface area contributed by atoms with Crippen LogP contribution < -0.4 is 0 Å². The molecule has 0 fully saturated rings. The average Bonchev–Trinajstić information content (AvgIpc) is 3.05. The zero-order valence-electron chi connectivity index (χ0n) is 17.4. The lowest BCUT2D eigenvalue weighted by Gasteiger charge is -2.07. The summed E-state index contributed by atoms with van der Waals surface area (Å²) in [5, 5.41) is 0.260. The molecule has 0 bridgehead atoms. The lowest BCUT2D eigenvalue weighted by Crippen LogP contribution is -2.05. The van der Waals surface area contributed by atoms with E-state index in [1.54, 1.807) is 4.57 Å². The number of fused-ring (bicyclic) bond motifs is 1. The van der Waals surface area contributed by atoms with E-state index in [4.69, 9.17) is 0 Å². The first-order valence-electron chi connectivity index (χ1n) is 9.72. The fourth-order valence-electron chi connectivity index (χ4n) is 3.01. The highest BCUT2D eigenvalue weighted by atomic mass is 32.2. The van der Waals surface area contributed by atoms with Gasteiger partial charge in [-0.3, -0.25) is 4.21 Å². The number of hydrogen-bond donors (Lipinski definition) is 0. The summed E-state index contributed by atoms with van der Waals surface area (Å²) in [6, 6.07) is 1.27. The number of benzene rings is 1. The highest BCUT2D eigenvalue weighted by molar-refractivity contribution is 7.84. The molecule has 0 spiro atoms. The number of aryl methyl sites for hydroxylation is 1. The Balaban J connectivity index is 2.23. The van der Waals surface area contributed by atoms with Gasteiger partial charge in [-0.05, 0) is 38.7 Å². The van der Waals surface area contributed by atoms with Crippen molar-refractivity contribution in [2.75, 3.05) is 6.26 Å². The van der Waals surface area contributed by atoms with Crippen LogP contribution in [0.5, 0.6) is 0 Å². The van der Waals surface area contributed by atoms with Crippen molar-refractivity contribution in [1.29, 1.82) is 0 Å². The molecule has 3 nitrogen and oxygen atoms in total. The lowest BCUT2D eigenvalue weighted by atomic mass is 10.1. The third-order valence-corrected chi connectivity index (χ3v) is 5.32. The SMILES string of the molecule is C/C=C\C=C/CC(/C=C\CCn1c(S(C)=O)nc2c(F)c(C)c(F)cc21)=C/CC. The predicted octanol–water partition coefficient (Wildman–Crippen LogP) is 6.17. The van der Waals surface area contributed by atoms with Gasteiger partial charge in [-0.15, -0.1) is 0 Å². The Bertz CT molecular complexity index is 1000. The Morgan fingerprint density at radius 3 is 2.69 bits per heavy atom. The van der Waals surface area contributed by atoms with Gasteiger partial charge in [0.2, 0.25) is 0 Å². The van der Waals surface area contributed by atoms with Gasteiger partial charge in [0.15, 0.2) is 11.0 Å². The van der Waals surface area contributed by atoms with E-state index in [0.29, 0.717) is 18.5 Å². The Kier molecular flexibility index (Phi) is 8.70. The standard InChI is InChI=1S/C23H28F2N2OS/c1-5-7-8-9-13-18(12-6-2)14-10-11-15-27-20-16-19(24)17(3)21(25)22(20)26-23(27)29(4)28/h5,7-10,12,14,16H,6,11,13,15H2,1-4H3/b7-5-,9-8-,14-10-,18-12-. The van der Waals surface area contributed by atoms with Crippen molar-refractivity contribution < 1.29 is 13.0 Å². The van der Waals surface area contributed by atoms with Crippen LogP contribution in [0.25, 0.3) is 11.0 Å². The second kappa shape index (κ2) is 11.0. The van der Waals surface area contributed by atoms with E-state index in [1.165, 1.54) is 24.8 Å². The highest BCUT2D eigenvalue weighted by Gasteiger charge is 2.19. The third kappa shape index (κ3) is 5.82. The van der Waals surface area contributed by atoms with Gasteiger partial charge in [0.25, 0.3) is 0 Å². The quantitative estimate of drug-likeness (QED) is 0.457. The zero-order chi connectivity index (χ0) is 21.4. The Labute approximate surface area is 174 Å². The summed E-state index contributed by atoms with van der Waals surface area (Å²) >= 11 is 0. The minimum absolute atomic E-state index is 0.0683. The van der Waals surface area contributed by atoms with Gasteiger partial charge >= 0.3 is 0 Å². The highest BCUT2D eigenvalue weighted by Crippen LogP contribution is 2.26. The molecule has 29 heavy (non-hydrogen) atoms. The summed E-state index contributed by atoms with van der Waals surface area (Å²) in [7, 11) is -1.41. The summed E-state index contributed by atoms with van der Waals surface area (Å²) in [6.45, 7) is 5.89. The molecule has 0 aliphatic rings. The van der Waals surface area contributed by atoms with Crippen molar-refractivity contribution in [3.8, 4) is 0 Å². The number of aromatic nitrogens is 2. The van der Waals surface area contributed by atoms with Crippen molar-refractivity contribution in [3.63, 3.8) is 0 Å². The second-order valence-electron chi connectivity index (χ2n) is 6.70. The molecular formula is C23H28F2N2OS. The van der Waals surface area contributed by atoms with Crippen LogP contribution in [0.4, 0.5) is 8.78 Å². The van der Waals surface area contributed by atoms with Crippen LogP contribution in [-0.2, 0) is 17.3 Å². The first kappa shape index (κ1) is 22.9. The molecule has 1 heterocycles. The van der Waals surface area contributed by atoms with Crippen LogP contribution in [0.15, 0.2) is 59.3 Å². The molecule has 2 aromatic rings. The molecule has 1 aromatic carbocycles. The van der Waals surface area contributed by atoms with Crippen molar-refractivity contribution >= 4 is 21.8 Å². The number of halogens is 2. The normalized spacial score (nSPS) is 14.2. The molecule has 0 saturated carbocycles.